The van der Waals surface area contributed by atoms with Crippen molar-refractivity contribution in [3.8, 4) is 28.3 Å². The lowest BCUT2D eigenvalue weighted by molar-refractivity contribution is 0.146. The molecule has 4 N–H and O–H groups in total. The Morgan fingerprint density at radius 1 is 1.03 bits per heavy atom. The molecule has 0 aliphatic heterocycles. The van der Waals surface area contributed by atoms with Crippen molar-refractivity contribution in [2.24, 2.45) is 5.14 Å². The Morgan fingerprint density at radius 3 is 2.34 bits per heavy atom. The molecule has 0 aliphatic rings. The summed E-state index contributed by atoms with van der Waals surface area (Å²) in [6.07, 6.45) is -2.84. The van der Waals surface area contributed by atoms with Gasteiger partial charge in [-0.05, 0) is 48.9 Å². The monoisotopic (exact) mass is 469 g/mol. The Hall–Kier alpha value is -3.29. The highest BCUT2D eigenvalue weighted by molar-refractivity contribution is 7.84. The van der Waals surface area contributed by atoms with Crippen LogP contribution in [0, 0.1) is 12.7 Å². The fraction of sp³-hybridized carbons (Fsp3) is 0.211. The zero-order chi connectivity index (χ0) is 23.5. The van der Waals surface area contributed by atoms with Gasteiger partial charge in [0.25, 0.3) is 6.43 Å². The number of pyridine rings is 1. The number of nitrogens with zero attached hydrogens (tertiary/aromatic N) is 3. The molecular weight excluding hydrogens is 451 g/mol. The van der Waals surface area contributed by atoms with E-state index in [1.54, 1.807) is 0 Å². The van der Waals surface area contributed by atoms with Crippen LogP contribution in [0.2, 0.25) is 0 Å². The summed E-state index contributed by atoms with van der Waals surface area (Å²) in [5, 5.41) is 4.77. The van der Waals surface area contributed by atoms with E-state index < -0.39 is 34.8 Å². The van der Waals surface area contributed by atoms with E-state index in [0.717, 1.165) is 6.07 Å². The molecule has 0 radical (unpaired) electrons. The zero-order valence-corrected chi connectivity index (χ0v) is 17.4. The minimum absolute atomic E-state index is 0.124. The fourth-order valence-electron chi connectivity index (χ4n) is 2.88. The first-order chi connectivity index (χ1) is 15.0. The molecular formula is C19H18F3N5O4S. The van der Waals surface area contributed by atoms with Crippen molar-refractivity contribution < 1.29 is 30.5 Å². The quantitative estimate of drug-likeness (QED) is 0.480. The van der Waals surface area contributed by atoms with Crippen LogP contribution in [0.1, 0.15) is 17.8 Å². The summed E-state index contributed by atoms with van der Waals surface area (Å²) in [5.74, 6) is -0.829. The van der Waals surface area contributed by atoms with Crippen LogP contribution in [0.5, 0.6) is 5.88 Å². The number of aryl methyl sites for hydroxylation is 1. The lowest BCUT2D eigenvalue weighted by Gasteiger charge is -2.16. The fourth-order valence-corrected chi connectivity index (χ4v) is 3.18. The normalized spacial score (nSPS) is 11.7. The van der Waals surface area contributed by atoms with Crippen LogP contribution in [0.4, 0.5) is 19.1 Å². The predicted octanol–water partition coefficient (Wildman–Crippen LogP) is 2.77. The summed E-state index contributed by atoms with van der Waals surface area (Å²) in [6.45, 7) is 0.784. The molecule has 0 fully saturated rings. The Kier molecular flexibility index (Phi) is 6.91. The molecule has 0 saturated carbocycles. The molecule has 1 aromatic carbocycles. The van der Waals surface area contributed by atoms with Crippen molar-refractivity contribution in [2.45, 2.75) is 13.3 Å². The minimum atomic E-state index is -4.19. The lowest BCUT2D eigenvalue weighted by atomic mass is 9.99. The van der Waals surface area contributed by atoms with Crippen LogP contribution in [0.25, 0.3) is 22.4 Å². The van der Waals surface area contributed by atoms with Gasteiger partial charge in [0.1, 0.15) is 24.7 Å². The summed E-state index contributed by atoms with van der Waals surface area (Å²) < 4.78 is 72.0. The van der Waals surface area contributed by atoms with E-state index in [0.29, 0.717) is 11.3 Å². The third kappa shape index (κ3) is 5.90. The van der Waals surface area contributed by atoms with Crippen LogP contribution in [0.15, 0.2) is 36.4 Å². The van der Waals surface area contributed by atoms with E-state index >= 15 is 0 Å². The van der Waals surface area contributed by atoms with E-state index in [4.69, 9.17) is 15.6 Å². The number of nitrogens with two attached hydrogens (primary N) is 2. The van der Waals surface area contributed by atoms with E-state index in [1.165, 1.54) is 37.3 Å². The Morgan fingerprint density at radius 2 is 1.72 bits per heavy atom. The second-order valence-corrected chi connectivity index (χ2v) is 7.72. The van der Waals surface area contributed by atoms with Crippen molar-refractivity contribution in [2.75, 3.05) is 18.9 Å². The third-order valence-corrected chi connectivity index (χ3v) is 4.56. The van der Waals surface area contributed by atoms with Gasteiger partial charge >= 0.3 is 10.3 Å². The van der Waals surface area contributed by atoms with E-state index in [9.17, 15) is 21.6 Å². The van der Waals surface area contributed by atoms with Gasteiger partial charge in [-0.25, -0.2) is 23.3 Å². The van der Waals surface area contributed by atoms with Gasteiger partial charge in [-0.2, -0.15) is 13.4 Å². The van der Waals surface area contributed by atoms with Crippen molar-refractivity contribution in [1.29, 1.82) is 0 Å². The number of hydrogen-bond acceptors (Lipinski definition) is 8. The van der Waals surface area contributed by atoms with Crippen molar-refractivity contribution in [3.63, 3.8) is 0 Å². The number of hydrogen-bond donors (Lipinski definition) is 2. The average Bonchev–Trinajstić information content (AvgIpc) is 2.70. The van der Waals surface area contributed by atoms with E-state index in [2.05, 4.69) is 19.1 Å². The molecule has 2 heterocycles. The first-order valence-electron chi connectivity index (χ1n) is 9.04. The summed E-state index contributed by atoms with van der Waals surface area (Å²) in [5.41, 5.74) is 6.63. The molecule has 0 amide bonds. The second-order valence-electron chi connectivity index (χ2n) is 6.50. The van der Waals surface area contributed by atoms with Gasteiger partial charge in [0.15, 0.2) is 0 Å². The number of ether oxygens (including phenoxy) is 1. The van der Waals surface area contributed by atoms with Gasteiger partial charge in [0.2, 0.25) is 11.8 Å². The average molecular weight is 469 g/mol. The highest BCUT2D eigenvalue weighted by Crippen LogP contribution is 2.39. The molecule has 0 saturated heterocycles. The number of anilines is 1. The number of aromatic nitrogens is 3. The van der Waals surface area contributed by atoms with Crippen LogP contribution in [-0.2, 0) is 14.5 Å². The molecule has 32 heavy (non-hydrogen) atoms. The van der Waals surface area contributed by atoms with Gasteiger partial charge in [0, 0.05) is 11.3 Å². The van der Waals surface area contributed by atoms with Gasteiger partial charge in [-0.3, -0.25) is 9.17 Å². The molecule has 0 unspecified atom stereocenters. The maximum Gasteiger partial charge on any atom is 0.333 e. The SMILES string of the molecule is Cc1cc(-c2c(OCCOS(N)(=O)=O)nc(N)nc2-c2ccc(F)cc2)cc(C(F)F)n1. The summed E-state index contributed by atoms with van der Waals surface area (Å²) in [6, 6.07) is 7.91. The molecule has 2 aromatic heterocycles. The summed E-state index contributed by atoms with van der Waals surface area (Å²) >= 11 is 0. The van der Waals surface area contributed by atoms with E-state index in [-0.39, 0.29) is 35.3 Å². The second kappa shape index (κ2) is 9.46. The maximum atomic E-state index is 13.4. The standard InChI is InChI=1S/C19H18F3N5O4S/c1-10-8-12(9-14(25-10)17(21)22)15-16(11-2-4-13(20)5-3-11)26-19(23)27-18(15)30-6-7-31-32(24,28)29/h2-5,8-9,17H,6-7H2,1H3,(H2,23,26,27)(H2,24,28,29). The molecule has 3 aromatic rings. The summed E-state index contributed by atoms with van der Waals surface area (Å²) in [7, 11) is -4.19. The highest BCUT2D eigenvalue weighted by Gasteiger charge is 2.21. The van der Waals surface area contributed by atoms with Crippen LogP contribution >= 0.6 is 0 Å². The number of alkyl halides is 2. The Labute approximate surface area is 181 Å². The largest absolute Gasteiger partial charge is 0.475 e. The molecule has 13 heteroatoms. The predicted molar refractivity (Wildman–Crippen MR) is 109 cm³/mol. The molecule has 0 atom stereocenters. The maximum absolute atomic E-state index is 13.4. The molecule has 0 aliphatic carbocycles. The van der Waals surface area contributed by atoms with E-state index in [1.807, 2.05) is 0 Å². The summed E-state index contributed by atoms with van der Waals surface area (Å²) in [4.78, 5) is 12.0. The zero-order valence-electron chi connectivity index (χ0n) is 16.6. The topological polar surface area (TPSA) is 143 Å². The molecule has 9 nitrogen and oxygen atoms in total. The van der Waals surface area contributed by atoms with Gasteiger partial charge in [0.05, 0.1) is 11.3 Å². The lowest BCUT2D eigenvalue weighted by Crippen LogP contribution is -2.19. The van der Waals surface area contributed by atoms with Crippen LogP contribution in [0.3, 0.4) is 0 Å². The van der Waals surface area contributed by atoms with Gasteiger partial charge in [-0.1, -0.05) is 0 Å². The first-order valence-corrected chi connectivity index (χ1v) is 10.5. The highest BCUT2D eigenvalue weighted by atomic mass is 32.2. The number of benzene rings is 1. The minimum Gasteiger partial charge on any atom is -0.475 e. The van der Waals surface area contributed by atoms with Crippen molar-refractivity contribution >= 4 is 16.3 Å². The molecule has 0 bridgehead atoms. The van der Waals surface area contributed by atoms with Crippen molar-refractivity contribution in [3.05, 3.63) is 53.6 Å². The van der Waals surface area contributed by atoms with Gasteiger partial charge < -0.3 is 10.5 Å². The Balaban J connectivity index is 2.15. The molecule has 0 spiro atoms. The smallest absolute Gasteiger partial charge is 0.333 e. The Bertz CT molecular complexity index is 1220. The third-order valence-electron chi connectivity index (χ3n) is 4.07. The molecule has 170 valence electrons. The number of nitrogen functional groups attached to an aromatic ring is 1. The molecule has 3 rings (SSSR count). The van der Waals surface area contributed by atoms with Gasteiger partial charge in [-0.15, -0.1) is 0 Å². The van der Waals surface area contributed by atoms with Crippen molar-refractivity contribution in [1.82, 2.24) is 15.0 Å². The number of halogens is 3. The van der Waals surface area contributed by atoms with Crippen LogP contribution in [-0.4, -0.2) is 36.6 Å². The number of rotatable bonds is 8. The van der Waals surface area contributed by atoms with Crippen LogP contribution < -0.4 is 15.6 Å². The first kappa shape index (κ1) is 23.4.